The minimum atomic E-state index is 0.0445. The zero-order valence-electron chi connectivity index (χ0n) is 13.0. The van der Waals surface area contributed by atoms with Crippen molar-refractivity contribution < 1.29 is 9.53 Å². The van der Waals surface area contributed by atoms with Gasteiger partial charge in [0.1, 0.15) is 0 Å². The van der Waals surface area contributed by atoms with Crippen LogP contribution in [-0.2, 0) is 9.53 Å². The zero-order valence-corrected chi connectivity index (χ0v) is 13.0. The maximum atomic E-state index is 12.3. The maximum absolute atomic E-state index is 12.3. The molecule has 3 fully saturated rings. The first kappa shape index (κ1) is 14.4. The third kappa shape index (κ3) is 2.61. The summed E-state index contributed by atoms with van der Waals surface area (Å²) in [6, 6.07) is 1.16. The van der Waals surface area contributed by atoms with Crippen molar-refractivity contribution in [1.82, 2.24) is 4.90 Å². The summed E-state index contributed by atoms with van der Waals surface area (Å²) in [5.74, 6) is 1.61. The van der Waals surface area contributed by atoms with Crippen LogP contribution in [0.2, 0.25) is 0 Å². The van der Waals surface area contributed by atoms with Crippen molar-refractivity contribution >= 4 is 5.97 Å². The number of methoxy groups -OCH3 is 1. The lowest BCUT2D eigenvalue weighted by atomic mass is 9.73. The van der Waals surface area contributed by atoms with E-state index >= 15 is 0 Å². The minimum absolute atomic E-state index is 0.0445. The Labute approximate surface area is 123 Å². The van der Waals surface area contributed by atoms with Crippen molar-refractivity contribution in [2.24, 2.45) is 17.8 Å². The van der Waals surface area contributed by atoms with E-state index in [0.29, 0.717) is 12.0 Å². The Morgan fingerprint density at radius 3 is 2.60 bits per heavy atom. The third-order valence-corrected chi connectivity index (χ3v) is 6.23. The van der Waals surface area contributed by atoms with Crippen molar-refractivity contribution in [3.8, 4) is 0 Å². The molecular weight excluding hydrogens is 250 g/mol. The van der Waals surface area contributed by atoms with E-state index in [1.807, 2.05) is 0 Å². The van der Waals surface area contributed by atoms with Crippen molar-refractivity contribution in [2.45, 2.75) is 69.9 Å². The zero-order chi connectivity index (χ0) is 14.1. The molecule has 0 N–H and O–H groups in total. The van der Waals surface area contributed by atoms with E-state index in [4.69, 9.17) is 4.74 Å². The van der Waals surface area contributed by atoms with Crippen LogP contribution in [0.15, 0.2) is 0 Å². The molecule has 1 aliphatic carbocycles. The summed E-state index contributed by atoms with van der Waals surface area (Å²) >= 11 is 0. The molecule has 114 valence electrons. The Balaban J connectivity index is 1.71. The second-order valence-corrected chi connectivity index (χ2v) is 7.25. The average molecular weight is 279 g/mol. The summed E-state index contributed by atoms with van der Waals surface area (Å²) in [4.78, 5) is 14.8. The molecule has 2 unspecified atom stereocenters. The van der Waals surface area contributed by atoms with Gasteiger partial charge in [-0.3, -0.25) is 9.69 Å². The Hall–Kier alpha value is -0.570. The predicted molar refractivity (Wildman–Crippen MR) is 79.4 cm³/mol. The molecule has 2 saturated heterocycles. The highest BCUT2D eigenvalue weighted by molar-refractivity contribution is 5.74. The molecule has 0 aromatic rings. The van der Waals surface area contributed by atoms with Crippen molar-refractivity contribution in [1.29, 1.82) is 0 Å². The number of hydrogen-bond donors (Lipinski definition) is 0. The van der Waals surface area contributed by atoms with Crippen molar-refractivity contribution in [3.63, 3.8) is 0 Å². The Morgan fingerprint density at radius 2 is 1.90 bits per heavy atom. The van der Waals surface area contributed by atoms with Crippen LogP contribution in [0.3, 0.4) is 0 Å². The first-order valence-electron chi connectivity index (χ1n) is 8.50. The van der Waals surface area contributed by atoms with Gasteiger partial charge in [-0.25, -0.2) is 0 Å². The number of carbonyl (C=O) groups excluding carboxylic acids is 1. The number of fused-ring (bicyclic) bond motifs is 2. The SMILES string of the molecule is COC(=O)[C@H]1C2CCC(C[C@@H]1CC1CCCCC1)N2C. The van der Waals surface area contributed by atoms with Crippen LogP contribution in [0.4, 0.5) is 0 Å². The predicted octanol–water partition coefficient (Wildman–Crippen LogP) is 3.23. The van der Waals surface area contributed by atoms with E-state index in [-0.39, 0.29) is 11.9 Å². The van der Waals surface area contributed by atoms with Crippen LogP contribution in [-0.4, -0.2) is 37.1 Å². The van der Waals surface area contributed by atoms with Crippen LogP contribution in [0.5, 0.6) is 0 Å². The number of hydrogen-bond acceptors (Lipinski definition) is 3. The molecule has 0 aromatic carbocycles. The van der Waals surface area contributed by atoms with E-state index in [1.54, 1.807) is 7.11 Å². The number of ether oxygens (including phenoxy) is 1. The summed E-state index contributed by atoms with van der Waals surface area (Å²) in [5.41, 5.74) is 0. The average Bonchev–Trinajstić information content (AvgIpc) is 2.72. The van der Waals surface area contributed by atoms with Crippen LogP contribution in [0.25, 0.3) is 0 Å². The van der Waals surface area contributed by atoms with Crippen molar-refractivity contribution in [2.75, 3.05) is 14.2 Å². The molecule has 20 heavy (non-hydrogen) atoms. The lowest BCUT2D eigenvalue weighted by Crippen LogP contribution is -2.50. The lowest BCUT2D eigenvalue weighted by molar-refractivity contribution is -0.152. The number of rotatable bonds is 3. The first-order chi connectivity index (χ1) is 9.70. The van der Waals surface area contributed by atoms with Crippen LogP contribution in [0, 0.1) is 17.8 Å². The van der Waals surface area contributed by atoms with Crippen LogP contribution in [0.1, 0.15) is 57.8 Å². The largest absolute Gasteiger partial charge is 0.469 e. The molecule has 2 heterocycles. The molecule has 0 aromatic heterocycles. The Morgan fingerprint density at radius 1 is 1.15 bits per heavy atom. The minimum Gasteiger partial charge on any atom is -0.469 e. The molecule has 4 atom stereocenters. The van der Waals surface area contributed by atoms with Gasteiger partial charge in [-0.2, -0.15) is 0 Å². The van der Waals surface area contributed by atoms with Gasteiger partial charge in [0.2, 0.25) is 0 Å². The van der Waals surface area contributed by atoms with Gasteiger partial charge in [-0.15, -0.1) is 0 Å². The molecule has 3 heteroatoms. The highest BCUT2D eigenvalue weighted by Gasteiger charge is 2.49. The number of nitrogens with zero attached hydrogens (tertiary/aromatic N) is 1. The van der Waals surface area contributed by atoms with Crippen molar-refractivity contribution in [3.05, 3.63) is 0 Å². The van der Waals surface area contributed by atoms with E-state index < -0.39 is 0 Å². The smallest absolute Gasteiger partial charge is 0.310 e. The molecule has 3 nitrogen and oxygen atoms in total. The van der Waals surface area contributed by atoms with Gasteiger partial charge in [0.05, 0.1) is 13.0 Å². The fourth-order valence-corrected chi connectivity index (χ4v) is 5.15. The lowest BCUT2D eigenvalue weighted by Gasteiger charge is -2.43. The fraction of sp³-hybridized carbons (Fsp3) is 0.941. The van der Waals surface area contributed by atoms with Gasteiger partial charge in [-0.05, 0) is 44.6 Å². The molecule has 3 rings (SSSR count). The molecule has 3 aliphatic rings. The summed E-state index contributed by atoms with van der Waals surface area (Å²) in [5, 5.41) is 0. The normalized spacial score (nSPS) is 38.9. The number of esters is 1. The Kier molecular flexibility index (Phi) is 4.34. The highest BCUT2D eigenvalue weighted by Crippen LogP contribution is 2.45. The first-order valence-corrected chi connectivity index (χ1v) is 8.50. The summed E-state index contributed by atoms with van der Waals surface area (Å²) in [7, 11) is 3.76. The summed E-state index contributed by atoms with van der Waals surface area (Å²) in [6.45, 7) is 0. The molecule has 2 aliphatic heterocycles. The van der Waals surface area contributed by atoms with Gasteiger partial charge in [-0.1, -0.05) is 32.1 Å². The molecule has 0 spiro atoms. The van der Waals surface area contributed by atoms with Gasteiger partial charge in [0, 0.05) is 12.1 Å². The van der Waals surface area contributed by atoms with Gasteiger partial charge < -0.3 is 4.74 Å². The van der Waals surface area contributed by atoms with Gasteiger partial charge >= 0.3 is 5.97 Å². The van der Waals surface area contributed by atoms with E-state index in [0.717, 1.165) is 12.0 Å². The molecule has 0 amide bonds. The highest BCUT2D eigenvalue weighted by atomic mass is 16.5. The quantitative estimate of drug-likeness (QED) is 0.743. The van der Waals surface area contributed by atoms with E-state index in [9.17, 15) is 4.79 Å². The monoisotopic (exact) mass is 279 g/mol. The van der Waals surface area contributed by atoms with Crippen LogP contribution < -0.4 is 0 Å². The summed E-state index contributed by atoms with van der Waals surface area (Å²) < 4.78 is 5.14. The van der Waals surface area contributed by atoms with E-state index in [1.165, 1.54) is 57.8 Å². The molecule has 1 saturated carbocycles. The third-order valence-electron chi connectivity index (χ3n) is 6.23. The molecular formula is C17H29NO2. The number of piperidine rings is 1. The topological polar surface area (TPSA) is 29.5 Å². The molecule has 2 bridgehead atoms. The molecule has 0 radical (unpaired) electrons. The Bertz CT molecular complexity index is 351. The second-order valence-electron chi connectivity index (χ2n) is 7.25. The van der Waals surface area contributed by atoms with Gasteiger partial charge in [0.15, 0.2) is 0 Å². The standard InChI is InChI=1S/C17H29NO2/c1-18-14-8-9-15(18)16(17(19)20-2)13(11-14)10-12-6-4-3-5-7-12/h12-16H,3-11H2,1-2H3/t13-,14?,15?,16+/m0/s1. The summed E-state index contributed by atoms with van der Waals surface area (Å²) in [6.07, 6.45) is 11.9. The van der Waals surface area contributed by atoms with Crippen LogP contribution >= 0.6 is 0 Å². The van der Waals surface area contributed by atoms with E-state index in [2.05, 4.69) is 11.9 Å². The fourth-order valence-electron chi connectivity index (χ4n) is 5.15. The maximum Gasteiger partial charge on any atom is 0.310 e. The second kappa shape index (κ2) is 6.05. The van der Waals surface area contributed by atoms with Gasteiger partial charge in [0.25, 0.3) is 0 Å². The number of carbonyl (C=O) groups is 1.